The largest absolute Gasteiger partial charge is 0.492 e. The van der Waals surface area contributed by atoms with Gasteiger partial charge < -0.3 is 19.8 Å². The molecule has 2 aliphatic rings. The van der Waals surface area contributed by atoms with Crippen LogP contribution in [0.1, 0.15) is 25.3 Å². The number of nitrogens with one attached hydrogen (secondary N) is 1. The van der Waals surface area contributed by atoms with Crippen molar-refractivity contribution in [1.29, 1.82) is 0 Å². The Balaban J connectivity index is 1.88. The van der Waals surface area contributed by atoms with E-state index in [2.05, 4.69) is 4.98 Å². The standard InChI is InChI=1S/C18H23N3O5/c1-26-16-13(20-7-6-10(9-22)14(23)8-20)5-4-12-15(16)21(11-2-3-11)18(25)19-17(12)24/h4-5,10-11,14,22-23H,2-3,6-9H2,1H3,(H,19,24,25). The molecule has 1 aromatic heterocycles. The quantitative estimate of drug-likeness (QED) is 0.719. The molecular weight excluding hydrogens is 338 g/mol. The minimum Gasteiger partial charge on any atom is -0.492 e. The first-order chi connectivity index (χ1) is 12.5. The van der Waals surface area contributed by atoms with Crippen molar-refractivity contribution < 1.29 is 14.9 Å². The molecule has 1 aliphatic heterocycles. The van der Waals surface area contributed by atoms with Crippen LogP contribution < -0.4 is 20.9 Å². The van der Waals surface area contributed by atoms with Crippen molar-refractivity contribution in [3.05, 3.63) is 33.0 Å². The molecule has 1 saturated heterocycles. The van der Waals surface area contributed by atoms with Crippen LogP contribution in [0.5, 0.6) is 5.75 Å². The maximum atomic E-state index is 12.4. The average Bonchev–Trinajstić information content (AvgIpc) is 3.45. The van der Waals surface area contributed by atoms with Gasteiger partial charge in [-0.2, -0.15) is 0 Å². The third kappa shape index (κ3) is 2.69. The number of aliphatic hydroxyl groups is 2. The number of aromatic nitrogens is 2. The maximum absolute atomic E-state index is 12.4. The lowest BCUT2D eigenvalue weighted by molar-refractivity contribution is 0.0547. The Morgan fingerprint density at radius 2 is 2.04 bits per heavy atom. The lowest BCUT2D eigenvalue weighted by Gasteiger charge is -2.37. The van der Waals surface area contributed by atoms with Gasteiger partial charge in [0.05, 0.1) is 24.3 Å². The molecule has 2 fully saturated rings. The number of rotatable bonds is 4. The Hall–Kier alpha value is -2.32. The van der Waals surface area contributed by atoms with Crippen LogP contribution in [-0.2, 0) is 0 Å². The van der Waals surface area contributed by atoms with Crippen LogP contribution in [0.15, 0.2) is 21.7 Å². The van der Waals surface area contributed by atoms with E-state index in [-0.39, 0.29) is 18.6 Å². The number of ether oxygens (including phenoxy) is 1. The second-order valence-electron chi connectivity index (χ2n) is 7.12. The van der Waals surface area contributed by atoms with E-state index >= 15 is 0 Å². The van der Waals surface area contributed by atoms with E-state index in [0.717, 1.165) is 18.5 Å². The van der Waals surface area contributed by atoms with E-state index in [0.29, 0.717) is 36.2 Å². The maximum Gasteiger partial charge on any atom is 0.329 e. The summed E-state index contributed by atoms with van der Waals surface area (Å²) in [4.78, 5) is 29.0. The van der Waals surface area contributed by atoms with Gasteiger partial charge in [-0.1, -0.05) is 0 Å². The number of anilines is 1. The third-order valence-corrected chi connectivity index (χ3v) is 5.45. The fraction of sp³-hybridized carbons (Fsp3) is 0.556. The van der Waals surface area contributed by atoms with Crippen molar-refractivity contribution in [2.75, 3.05) is 31.7 Å². The zero-order valence-electron chi connectivity index (χ0n) is 14.6. The normalized spacial score (nSPS) is 23.4. The second-order valence-corrected chi connectivity index (χ2v) is 7.12. The Bertz CT molecular complexity index is 946. The zero-order chi connectivity index (χ0) is 18.4. The number of hydrogen-bond acceptors (Lipinski definition) is 6. The molecule has 1 aliphatic carbocycles. The van der Waals surface area contributed by atoms with Crippen LogP contribution in [0.25, 0.3) is 10.9 Å². The van der Waals surface area contributed by atoms with Gasteiger partial charge >= 0.3 is 5.69 Å². The highest BCUT2D eigenvalue weighted by Crippen LogP contribution is 2.41. The summed E-state index contributed by atoms with van der Waals surface area (Å²) in [7, 11) is 1.53. The molecule has 0 bridgehead atoms. The van der Waals surface area contributed by atoms with Crippen molar-refractivity contribution in [2.24, 2.45) is 5.92 Å². The fourth-order valence-corrected chi connectivity index (χ4v) is 3.85. The molecule has 1 saturated carbocycles. The molecular formula is C18H23N3O5. The fourth-order valence-electron chi connectivity index (χ4n) is 3.85. The summed E-state index contributed by atoms with van der Waals surface area (Å²) in [5.41, 5.74) is 0.417. The number of nitrogens with zero attached hydrogens (tertiary/aromatic N) is 2. The molecule has 2 heterocycles. The van der Waals surface area contributed by atoms with Crippen LogP contribution in [0.3, 0.4) is 0 Å². The Labute approximate surface area is 149 Å². The number of piperidine rings is 1. The summed E-state index contributed by atoms with van der Waals surface area (Å²) < 4.78 is 7.26. The van der Waals surface area contributed by atoms with Crippen LogP contribution in [0.2, 0.25) is 0 Å². The monoisotopic (exact) mass is 361 g/mol. The molecule has 140 valence electrons. The van der Waals surface area contributed by atoms with Crippen molar-refractivity contribution in [3.63, 3.8) is 0 Å². The predicted molar refractivity (Wildman–Crippen MR) is 97.1 cm³/mol. The summed E-state index contributed by atoms with van der Waals surface area (Å²) in [6.45, 7) is 0.978. The molecule has 0 amide bonds. The van der Waals surface area contributed by atoms with Gasteiger partial charge in [0.25, 0.3) is 5.56 Å². The number of aliphatic hydroxyl groups excluding tert-OH is 2. The second kappa shape index (κ2) is 6.44. The van der Waals surface area contributed by atoms with E-state index in [4.69, 9.17) is 4.74 Å². The lowest BCUT2D eigenvalue weighted by Crippen LogP contribution is -2.45. The first-order valence-electron chi connectivity index (χ1n) is 8.94. The van der Waals surface area contributed by atoms with Crippen LogP contribution >= 0.6 is 0 Å². The smallest absolute Gasteiger partial charge is 0.329 e. The van der Waals surface area contributed by atoms with Gasteiger partial charge in [0.2, 0.25) is 0 Å². The van der Waals surface area contributed by atoms with Crippen molar-refractivity contribution in [1.82, 2.24) is 9.55 Å². The van der Waals surface area contributed by atoms with E-state index in [1.165, 1.54) is 7.11 Å². The summed E-state index contributed by atoms with van der Waals surface area (Å²) in [5, 5.41) is 20.0. The number of aromatic amines is 1. The van der Waals surface area contributed by atoms with Gasteiger partial charge in [-0.3, -0.25) is 14.3 Å². The minimum atomic E-state index is -0.640. The number of fused-ring (bicyclic) bond motifs is 1. The molecule has 8 nitrogen and oxygen atoms in total. The van der Waals surface area contributed by atoms with Crippen molar-refractivity contribution in [2.45, 2.75) is 31.4 Å². The van der Waals surface area contributed by atoms with E-state index in [1.807, 2.05) is 4.90 Å². The number of benzene rings is 1. The Morgan fingerprint density at radius 1 is 1.27 bits per heavy atom. The summed E-state index contributed by atoms with van der Waals surface area (Å²) in [5.74, 6) is 0.345. The number of β-amino-alcohol motifs (C(OH)–C–C–N with tert-alkyl or cyclic N) is 1. The van der Waals surface area contributed by atoms with Gasteiger partial charge in [-0.15, -0.1) is 0 Å². The summed E-state index contributed by atoms with van der Waals surface area (Å²) in [6.07, 6.45) is 1.81. The first kappa shape index (κ1) is 17.1. The lowest BCUT2D eigenvalue weighted by atomic mass is 9.94. The van der Waals surface area contributed by atoms with Crippen molar-refractivity contribution >= 4 is 16.6 Å². The van der Waals surface area contributed by atoms with Crippen LogP contribution in [0, 0.1) is 5.92 Å². The summed E-state index contributed by atoms with van der Waals surface area (Å²) >= 11 is 0. The molecule has 4 rings (SSSR count). The van der Waals surface area contributed by atoms with E-state index in [1.54, 1.807) is 16.7 Å². The summed E-state index contributed by atoms with van der Waals surface area (Å²) in [6, 6.07) is 3.58. The molecule has 2 aromatic rings. The number of H-pyrrole nitrogens is 1. The first-order valence-corrected chi connectivity index (χ1v) is 8.94. The zero-order valence-corrected chi connectivity index (χ0v) is 14.6. The molecule has 8 heteroatoms. The molecule has 3 N–H and O–H groups in total. The molecule has 2 unspecified atom stereocenters. The van der Waals surface area contributed by atoms with Crippen LogP contribution in [-0.4, -0.2) is 52.7 Å². The van der Waals surface area contributed by atoms with Gasteiger partial charge in [-0.05, 0) is 31.4 Å². The highest BCUT2D eigenvalue weighted by molar-refractivity contribution is 5.90. The molecule has 26 heavy (non-hydrogen) atoms. The molecule has 2 atom stereocenters. The SMILES string of the molecule is COc1c(N2CCC(CO)C(O)C2)ccc2c(=O)[nH]c(=O)n(C3CC3)c12. The molecule has 0 spiro atoms. The third-order valence-electron chi connectivity index (χ3n) is 5.45. The predicted octanol–water partition coefficient (Wildman–Crippen LogP) is 0.213. The highest BCUT2D eigenvalue weighted by atomic mass is 16.5. The average molecular weight is 361 g/mol. The van der Waals surface area contributed by atoms with E-state index in [9.17, 15) is 19.8 Å². The number of methoxy groups -OCH3 is 1. The van der Waals surface area contributed by atoms with Gasteiger partial charge in [0.15, 0.2) is 5.75 Å². The van der Waals surface area contributed by atoms with Crippen LogP contribution in [0.4, 0.5) is 5.69 Å². The molecule has 0 radical (unpaired) electrons. The van der Waals surface area contributed by atoms with E-state index < -0.39 is 17.4 Å². The van der Waals surface area contributed by atoms with Crippen molar-refractivity contribution in [3.8, 4) is 5.75 Å². The van der Waals surface area contributed by atoms with Gasteiger partial charge in [0, 0.05) is 31.7 Å². The Morgan fingerprint density at radius 3 is 2.65 bits per heavy atom. The topological polar surface area (TPSA) is 108 Å². The molecule has 1 aromatic carbocycles. The van der Waals surface area contributed by atoms with Gasteiger partial charge in [-0.25, -0.2) is 4.79 Å². The number of hydrogen-bond donors (Lipinski definition) is 3. The Kier molecular flexibility index (Phi) is 4.24. The van der Waals surface area contributed by atoms with Gasteiger partial charge in [0.1, 0.15) is 5.52 Å². The highest BCUT2D eigenvalue weighted by Gasteiger charge is 2.32. The minimum absolute atomic E-state index is 0.0412.